The van der Waals surface area contributed by atoms with Crippen molar-refractivity contribution in [1.29, 1.82) is 0 Å². The highest BCUT2D eigenvalue weighted by Crippen LogP contribution is 2.34. The molecule has 0 amide bonds. The molecule has 0 saturated carbocycles. The summed E-state index contributed by atoms with van der Waals surface area (Å²) in [4.78, 5) is 4.35. The summed E-state index contributed by atoms with van der Waals surface area (Å²) < 4.78 is 1.86. The molecule has 7 heteroatoms. The zero-order valence-corrected chi connectivity index (χ0v) is 11.9. The maximum Gasteiger partial charge on any atom is 0.181 e. The summed E-state index contributed by atoms with van der Waals surface area (Å²) in [5.41, 5.74) is 6.95. The number of nitrogens with zero attached hydrogens (tertiary/aromatic N) is 3. The minimum atomic E-state index is -0.0286. The van der Waals surface area contributed by atoms with Crippen molar-refractivity contribution in [2.45, 2.75) is 26.7 Å². The van der Waals surface area contributed by atoms with E-state index in [-0.39, 0.29) is 6.04 Å². The summed E-state index contributed by atoms with van der Waals surface area (Å²) in [7, 11) is 0. The molecule has 0 aliphatic carbocycles. The van der Waals surface area contributed by atoms with Crippen LogP contribution in [0, 0.1) is 0 Å². The van der Waals surface area contributed by atoms with Crippen molar-refractivity contribution in [3.63, 3.8) is 0 Å². The SMILES string of the molecule is CSc1nnc(Sc2ncccc2[C@@H](C)N)s1. The van der Waals surface area contributed by atoms with Crippen molar-refractivity contribution in [3.8, 4) is 0 Å². The van der Waals surface area contributed by atoms with Gasteiger partial charge in [-0.1, -0.05) is 29.2 Å². The van der Waals surface area contributed by atoms with Gasteiger partial charge in [-0.2, -0.15) is 0 Å². The third-order valence-electron chi connectivity index (χ3n) is 2.04. The predicted octanol–water partition coefficient (Wildman–Crippen LogP) is 2.83. The van der Waals surface area contributed by atoms with Crippen LogP contribution >= 0.6 is 34.9 Å². The first kappa shape index (κ1) is 12.8. The quantitative estimate of drug-likeness (QED) is 0.871. The average molecular weight is 284 g/mol. The molecule has 0 fully saturated rings. The zero-order chi connectivity index (χ0) is 12.3. The van der Waals surface area contributed by atoms with E-state index in [1.165, 1.54) is 11.8 Å². The van der Waals surface area contributed by atoms with Gasteiger partial charge in [0.1, 0.15) is 5.03 Å². The first-order valence-corrected chi connectivity index (χ1v) is 7.82. The molecule has 0 aliphatic rings. The van der Waals surface area contributed by atoms with Gasteiger partial charge in [0.25, 0.3) is 0 Å². The van der Waals surface area contributed by atoms with Gasteiger partial charge in [-0.15, -0.1) is 10.2 Å². The van der Waals surface area contributed by atoms with Crippen molar-refractivity contribution < 1.29 is 0 Å². The van der Waals surface area contributed by atoms with Gasteiger partial charge in [-0.25, -0.2) is 4.98 Å². The number of hydrogen-bond acceptors (Lipinski definition) is 7. The van der Waals surface area contributed by atoms with E-state index >= 15 is 0 Å². The molecule has 2 aromatic heterocycles. The maximum absolute atomic E-state index is 5.91. The first-order valence-electron chi connectivity index (χ1n) is 4.96. The standard InChI is InChI=1S/C10H12N4S3/c1-6(11)7-4-3-5-12-8(7)16-10-14-13-9(15-2)17-10/h3-6H,11H2,1-2H3/t6-/m1/s1. The summed E-state index contributed by atoms with van der Waals surface area (Å²) in [6.07, 6.45) is 3.76. The molecule has 4 nitrogen and oxygen atoms in total. The van der Waals surface area contributed by atoms with E-state index in [9.17, 15) is 0 Å². The maximum atomic E-state index is 5.91. The summed E-state index contributed by atoms with van der Waals surface area (Å²) in [6, 6.07) is 3.87. The van der Waals surface area contributed by atoms with Crippen molar-refractivity contribution >= 4 is 34.9 Å². The van der Waals surface area contributed by atoms with Gasteiger partial charge < -0.3 is 5.73 Å². The van der Waals surface area contributed by atoms with E-state index in [1.807, 2.05) is 25.3 Å². The molecule has 2 aromatic rings. The van der Waals surface area contributed by atoms with Gasteiger partial charge in [0.2, 0.25) is 0 Å². The van der Waals surface area contributed by atoms with Crippen molar-refractivity contribution in [2.75, 3.05) is 6.26 Å². The lowest BCUT2D eigenvalue weighted by Gasteiger charge is -2.08. The molecule has 0 saturated heterocycles. The van der Waals surface area contributed by atoms with E-state index in [0.717, 1.165) is 19.3 Å². The number of nitrogens with two attached hydrogens (primary N) is 1. The molecule has 1 atom stereocenters. The van der Waals surface area contributed by atoms with Gasteiger partial charge in [-0.05, 0) is 31.0 Å². The Bertz CT molecular complexity index is 498. The van der Waals surface area contributed by atoms with Crippen LogP contribution in [0.1, 0.15) is 18.5 Å². The molecule has 90 valence electrons. The monoisotopic (exact) mass is 284 g/mol. The summed E-state index contributed by atoms with van der Waals surface area (Å²) in [6.45, 7) is 1.95. The topological polar surface area (TPSA) is 64.7 Å². The molecule has 2 rings (SSSR count). The lowest BCUT2D eigenvalue weighted by atomic mass is 10.2. The number of aromatic nitrogens is 3. The molecular formula is C10H12N4S3. The van der Waals surface area contributed by atoms with Crippen LogP contribution in [0.3, 0.4) is 0 Å². The number of hydrogen-bond donors (Lipinski definition) is 1. The highest BCUT2D eigenvalue weighted by atomic mass is 32.2. The minimum absolute atomic E-state index is 0.0286. The Balaban J connectivity index is 2.23. The van der Waals surface area contributed by atoms with E-state index in [2.05, 4.69) is 15.2 Å². The molecule has 0 bridgehead atoms. The van der Waals surface area contributed by atoms with Gasteiger partial charge in [-0.3, -0.25) is 0 Å². The Morgan fingerprint density at radius 1 is 1.35 bits per heavy atom. The lowest BCUT2D eigenvalue weighted by molar-refractivity contribution is 0.779. The number of thioether (sulfide) groups is 1. The Hall–Kier alpha value is -0.630. The van der Waals surface area contributed by atoms with Crippen LogP contribution in [-0.4, -0.2) is 21.4 Å². The molecule has 0 spiro atoms. The highest BCUT2D eigenvalue weighted by molar-refractivity contribution is 8.03. The van der Waals surface area contributed by atoms with Gasteiger partial charge in [0, 0.05) is 17.8 Å². The Morgan fingerprint density at radius 3 is 2.76 bits per heavy atom. The molecule has 17 heavy (non-hydrogen) atoms. The molecule has 0 aliphatic heterocycles. The summed E-state index contributed by atoms with van der Waals surface area (Å²) in [5.74, 6) is 0. The summed E-state index contributed by atoms with van der Waals surface area (Å²) >= 11 is 4.69. The van der Waals surface area contributed by atoms with E-state index in [1.54, 1.807) is 29.3 Å². The number of pyridine rings is 1. The fourth-order valence-electron chi connectivity index (χ4n) is 1.24. The van der Waals surface area contributed by atoms with E-state index < -0.39 is 0 Å². The van der Waals surface area contributed by atoms with Crippen LogP contribution in [0.25, 0.3) is 0 Å². The zero-order valence-electron chi connectivity index (χ0n) is 9.45. The molecular weight excluding hydrogens is 272 g/mol. The van der Waals surface area contributed by atoms with Gasteiger partial charge >= 0.3 is 0 Å². The largest absolute Gasteiger partial charge is 0.324 e. The Morgan fingerprint density at radius 2 is 2.12 bits per heavy atom. The number of rotatable bonds is 4. The van der Waals surface area contributed by atoms with Crippen LogP contribution in [-0.2, 0) is 0 Å². The average Bonchev–Trinajstić information content (AvgIpc) is 2.77. The molecule has 0 radical (unpaired) electrons. The van der Waals surface area contributed by atoms with Gasteiger partial charge in [0.05, 0.1) is 0 Å². The predicted molar refractivity (Wildman–Crippen MR) is 72.7 cm³/mol. The second kappa shape index (κ2) is 5.81. The van der Waals surface area contributed by atoms with E-state index in [4.69, 9.17) is 5.73 Å². The highest BCUT2D eigenvalue weighted by Gasteiger charge is 2.12. The molecule has 0 unspecified atom stereocenters. The summed E-state index contributed by atoms with van der Waals surface area (Å²) in [5, 5.41) is 9.08. The van der Waals surface area contributed by atoms with Crippen LogP contribution in [0.15, 0.2) is 32.0 Å². The normalized spacial score (nSPS) is 12.6. The Kier molecular flexibility index (Phi) is 4.38. The van der Waals surface area contributed by atoms with Crippen LogP contribution in [0.5, 0.6) is 0 Å². The van der Waals surface area contributed by atoms with Crippen molar-refractivity contribution in [1.82, 2.24) is 15.2 Å². The third-order valence-corrected chi connectivity index (χ3v) is 5.02. The second-order valence-electron chi connectivity index (χ2n) is 3.33. The smallest absolute Gasteiger partial charge is 0.181 e. The third kappa shape index (κ3) is 3.19. The van der Waals surface area contributed by atoms with Crippen LogP contribution in [0.4, 0.5) is 0 Å². The lowest BCUT2D eigenvalue weighted by Crippen LogP contribution is -2.06. The van der Waals surface area contributed by atoms with Gasteiger partial charge in [0.15, 0.2) is 8.68 Å². The van der Waals surface area contributed by atoms with Crippen molar-refractivity contribution in [2.24, 2.45) is 5.73 Å². The fourth-order valence-corrected chi connectivity index (χ4v) is 3.77. The molecule has 0 aromatic carbocycles. The molecule has 2 heterocycles. The first-order chi connectivity index (χ1) is 8.20. The van der Waals surface area contributed by atoms with Crippen LogP contribution < -0.4 is 5.73 Å². The molecule has 2 N–H and O–H groups in total. The Labute approximate surface area is 112 Å². The minimum Gasteiger partial charge on any atom is -0.324 e. The fraction of sp³-hybridized carbons (Fsp3) is 0.300. The van der Waals surface area contributed by atoms with E-state index in [0.29, 0.717) is 0 Å². The second-order valence-corrected chi connectivity index (χ2v) is 6.59. The van der Waals surface area contributed by atoms with Crippen molar-refractivity contribution in [3.05, 3.63) is 23.9 Å². The van der Waals surface area contributed by atoms with Crippen LogP contribution in [0.2, 0.25) is 0 Å².